The molecule has 0 fully saturated rings. The molecule has 2 N–H and O–H groups in total. The molecule has 0 aromatic heterocycles. The molecule has 106 valence electrons. The Morgan fingerprint density at radius 3 is 2.63 bits per heavy atom. The molecular formula is C14H20FNO3. The molecule has 0 radical (unpaired) electrons. The van der Waals surface area contributed by atoms with E-state index in [1.807, 2.05) is 20.8 Å². The number of halogens is 1. The molecule has 1 aromatic carbocycles. The molecular weight excluding hydrogens is 249 g/mol. The zero-order chi connectivity index (χ0) is 14.6. The fourth-order valence-corrected chi connectivity index (χ4v) is 1.41. The van der Waals surface area contributed by atoms with E-state index in [9.17, 15) is 9.18 Å². The highest BCUT2D eigenvalue weighted by molar-refractivity contribution is 5.72. The maximum absolute atomic E-state index is 13.7. The summed E-state index contributed by atoms with van der Waals surface area (Å²) in [7, 11) is 0. The number of ether oxygens (including phenoxy) is 1. The maximum atomic E-state index is 13.7. The normalized spacial score (nSPS) is 13.1. The van der Waals surface area contributed by atoms with Gasteiger partial charge in [0, 0.05) is 17.6 Å². The Hall–Kier alpha value is -1.62. The van der Waals surface area contributed by atoms with E-state index in [0.29, 0.717) is 12.1 Å². The van der Waals surface area contributed by atoms with Crippen LogP contribution in [-0.4, -0.2) is 22.7 Å². The molecule has 1 unspecified atom stereocenters. The minimum Gasteiger partial charge on any atom is -0.479 e. The summed E-state index contributed by atoms with van der Waals surface area (Å²) < 4.78 is 18.9. The second-order valence-corrected chi connectivity index (χ2v) is 5.43. The summed E-state index contributed by atoms with van der Waals surface area (Å²) in [6.07, 6.45) is -1.09. The van der Waals surface area contributed by atoms with Gasteiger partial charge in [-0.1, -0.05) is 12.1 Å². The zero-order valence-corrected chi connectivity index (χ0v) is 11.7. The lowest BCUT2D eigenvalue weighted by molar-refractivity contribution is -0.144. The van der Waals surface area contributed by atoms with Crippen molar-refractivity contribution in [1.29, 1.82) is 0 Å². The molecule has 0 saturated heterocycles. The third-order valence-electron chi connectivity index (χ3n) is 2.50. The molecule has 1 rings (SSSR count). The second-order valence-electron chi connectivity index (χ2n) is 5.43. The van der Waals surface area contributed by atoms with Crippen molar-refractivity contribution in [2.75, 3.05) is 0 Å². The van der Waals surface area contributed by atoms with Crippen molar-refractivity contribution >= 4 is 5.97 Å². The van der Waals surface area contributed by atoms with Gasteiger partial charge in [-0.3, -0.25) is 0 Å². The number of carbonyl (C=O) groups is 1. The summed E-state index contributed by atoms with van der Waals surface area (Å²) in [4.78, 5) is 10.8. The molecule has 0 amide bonds. The lowest BCUT2D eigenvalue weighted by Crippen LogP contribution is -2.35. The van der Waals surface area contributed by atoms with Crippen molar-refractivity contribution in [2.24, 2.45) is 0 Å². The molecule has 0 spiro atoms. The highest BCUT2D eigenvalue weighted by Gasteiger charge is 2.19. The predicted octanol–water partition coefficient (Wildman–Crippen LogP) is 2.57. The topological polar surface area (TPSA) is 58.6 Å². The molecule has 1 atom stereocenters. The average molecular weight is 269 g/mol. The Balaban J connectivity index is 2.92. The predicted molar refractivity (Wildman–Crippen MR) is 70.7 cm³/mol. The number of para-hydroxylation sites is 1. The fraction of sp³-hybridized carbons (Fsp3) is 0.500. The maximum Gasteiger partial charge on any atom is 0.344 e. The minimum atomic E-state index is -1.13. The van der Waals surface area contributed by atoms with Crippen LogP contribution in [0.15, 0.2) is 18.2 Å². The van der Waals surface area contributed by atoms with Gasteiger partial charge in [-0.05, 0) is 33.8 Å². The van der Waals surface area contributed by atoms with E-state index in [1.54, 1.807) is 12.1 Å². The first-order valence-electron chi connectivity index (χ1n) is 6.12. The molecule has 0 aliphatic rings. The van der Waals surface area contributed by atoms with Gasteiger partial charge in [0.25, 0.3) is 0 Å². The van der Waals surface area contributed by atoms with Gasteiger partial charge in [0.1, 0.15) is 0 Å². The Morgan fingerprint density at radius 2 is 2.11 bits per heavy atom. The number of carboxylic acid groups (broad SMARTS) is 1. The molecule has 5 heteroatoms. The lowest BCUT2D eigenvalue weighted by Gasteiger charge is -2.22. The van der Waals surface area contributed by atoms with Crippen LogP contribution in [-0.2, 0) is 11.3 Å². The van der Waals surface area contributed by atoms with Crippen LogP contribution in [0, 0.1) is 5.82 Å². The van der Waals surface area contributed by atoms with Crippen LogP contribution in [0.5, 0.6) is 5.75 Å². The molecule has 0 heterocycles. The average Bonchev–Trinajstić information content (AvgIpc) is 2.28. The molecule has 1 aromatic rings. The number of rotatable bonds is 5. The van der Waals surface area contributed by atoms with E-state index >= 15 is 0 Å². The standard InChI is InChI=1S/C14H20FNO3/c1-9(13(17)18)19-12-10(6-5-7-11(12)15)8-16-14(2,3)4/h5-7,9,16H,8H2,1-4H3,(H,17,18). The number of nitrogens with one attached hydrogen (secondary N) is 1. The SMILES string of the molecule is CC(Oc1c(F)cccc1CNC(C)(C)C)C(=O)O. The first-order chi connectivity index (χ1) is 8.70. The molecule has 0 aliphatic heterocycles. The highest BCUT2D eigenvalue weighted by Crippen LogP contribution is 2.24. The number of benzene rings is 1. The Bertz CT molecular complexity index is 454. The molecule has 4 nitrogen and oxygen atoms in total. The number of aliphatic carboxylic acids is 1. The fourth-order valence-electron chi connectivity index (χ4n) is 1.41. The summed E-state index contributed by atoms with van der Waals surface area (Å²) >= 11 is 0. The van der Waals surface area contributed by atoms with Crippen molar-refractivity contribution in [3.63, 3.8) is 0 Å². The van der Waals surface area contributed by atoms with Crippen molar-refractivity contribution in [3.8, 4) is 5.75 Å². The van der Waals surface area contributed by atoms with Crippen LogP contribution < -0.4 is 10.1 Å². The van der Waals surface area contributed by atoms with E-state index in [-0.39, 0.29) is 11.3 Å². The van der Waals surface area contributed by atoms with Gasteiger partial charge in [0.2, 0.25) is 0 Å². The quantitative estimate of drug-likeness (QED) is 0.862. The summed E-state index contributed by atoms with van der Waals surface area (Å²) in [5, 5.41) is 12.0. The van der Waals surface area contributed by atoms with Crippen LogP contribution in [0.3, 0.4) is 0 Å². The smallest absolute Gasteiger partial charge is 0.344 e. The summed E-state index contributed by atoms with van der Waals surface area (Å²) in [6.45, 7) is 7.75. The minimum absolute atomic E-state index is 0.00542. The van der Waals surface area contributed by atoms with Gasteiger partial charge in [-0.25, -0.2) is 9.18 Å². The molecule has 0 bridgehead atoms. The summed E-state index contributed by atoms with van der Waals surface area (Å²) in [5.41, 5.74) is 0.477. The van der Waals surface area contributed by atoms with Gasteiger partial charge < -0.3 is 15.2 Å². The van der Waals surface area contributed by atoms with Gasteiger partial charge in [-0.2, -0.15) is 0 Å². The first-order valence-corrected chi connectivity index (χ1v) is 6.12. The highest BCUT2D eigenvalue weighted by atomic mass is 19.1. The van der Waals surface area contributed by atoms with Gasteiger partial charge in [0.15, 0.2) is 17.7 Å². The van der Waals surface area contributed by atoms with E-state index in [0.717, 1.165) is 0 Å². The molecule has 0 aliphatic carbocycles. The number of carboxylic acids is 1. The second kappa shape index (κ2) is 6.02. The molecule has 19 heavy (non-hydrogen) atoms. The van der Waals surface area contributed by atoms with Gasteiger partial charge >= 0.3 is 5.97 Å². The van der Waals surface area contributed by atoms with E-state index in [2.05, 4.69) is 5.32 Å². The van der Waals surface area contributed by atoms with Crippen molar-refractivity contribution in [2.45, 2.75) is 45.9 Å². The summed E-state index contributed by atoms with van der Waals surface area (Å²) in [5.74, 6) is -1.69. The van der Waals surface area contributed by atoms with Gasteiger partial charge in [-0.15, -0.1) is 0 Å². The first kappa shape index (κ1) is 15.4. The Labute approximate surface area is 112 Å². The van der Waals surface area contributed by atoms with Crippen LogP contribution in [0.2, 0.25) is 0 Å². The zero-order valence-electron chi connectivity index (χ0n) is 11.7. The van der Waals surface area contributed by atoms with Crippen molar-refractivity contribution < 1.29 is 19.0 Å². The van der Waals surface area contributed by atoms with E-state index in [1.165, 1.54) is 13.0 Å². The number of hydrogen-bond acceptors (Lipinski definition) is 3. The third-order valence-corrected chi connectivity index (χ3v) is 2.50. The van der Waals surface area contributed by atoms with Crippen LogP contribution >= 0.6 is 0 Å². The van der Waals surface area contributed by atoms with Crippen LogP contribution in [0.1, 0.15) is 33.3 Å². The van der Waals surface area contributed by atoms with Crippen LogP contribution in [0.4, 0.5) is 4.39 Å². The van der Waals surface area contributed by atoms with E-state index < -0.39 is 17.9 Å². The summed E-state index contributed by atoms with van der Waals surface area (Å²) in [6, 6.07) is 4.55. The largest absolute Gasteiger partial charge is 0.479 e. The Kier molecular flexibility index (Phi) is 4.89. The Morgan fingerprint density at radius 1 is 1.47 bits per heavy atom. The van der Waals surface area contributed by atoms with Crippen LogP contribution in [0.25, 0.3) is 0 Å². The number of hydrogen-bond donors (Lipinski definition) is 2. The third kappa shape index (κ3) is 4.87. The van der Waals surface area contributed by atoms with Crippen molar-refractivity contribution in [3.05, 3.63) is 29.6 Å². The van der Waals surface area contributed by atoms with E-state index in [4.69, 9.17) is 9.84 Å². The lowest BCUT2D eigenvalue weighted by atomic mass is 10.1. The monoisotopic (exact) mass is 269 g/mol. The van der Waals surface area contributed by atoms with Crippen molar-refractivity contribution in [1.82, 2.24) is 5.32 Å². The molecule has 0 saturated carbocycles. The van der Waals surface area contributed by atoms with Gasteiger partial charge in [0.05, 0.1) is 0 Å².